The van der Waals surface area contributed by atoms with E-state index in [1.165, 1.54) is 11.0 Å². The van der Waals surface area contributed by atoms with E-state index in [0.29, 0.717) is 12.5 Å². The summed E-state index contributed by atoms with van der Waals surface area (Å²) in [6.45, 7) is 9.16. The van der Waals surface area contributed by atoms with E-state index in [0.717, 1.165) is 11.4 Å². The van der Waals surface area contributed by atoms with Gasteiger partial charge in [0.25, 0.3) is 0 Å². The van der Waals surface area contributed by atoms with Gasteiger partial charge in [-0.3, -0.25) is 0 Å². The molecular formula is C15H20BN2O+. The second kappa shape index (κ2) is 3.89. The highest BCUT2D eigenvalue weighted by Crippen LogP contribution is 2.33. The molecule has 0 amide bonds. The SMILES string of the molecule is CC(C)B1c2ccccc2C(C)(C)c2oc[n+](N)c21. The summed E-state index contributed by atoms with van der Waals surface area (Å²) in [5.41, 5.74) is 3.69. The van der Waals surface area contributed by atoms with Crippen molar-refractivity contribution in [3.63, 3.8) is 0 Å². The average Bonchev–Trinajstić information content (AvgIpc) is 2.73. The molecule has 2 aromatic rings. The van der Waals surface area contributed by atoms with Crippen molar-refractivity contribution in [2.24, 2.45) is 0 Å². The Hall–Kier alpha value is -1.71. The summed E-state index contributed by atoms with van der Waals surface area (Å²) in [5, 5.41) is 0. The molecule has 0 bridgehead atoms. The Morgan fingerprint density at radius 1 is 1.26 bits per heavy atom. The number of aromatic nitrogens is 1. The predicted octanol–water partition coefficient (Wildman–Crippen LogP) is 0.939. The van der Waals surface area contributed by atoms with Crippen molar-refractivity contribution in [1.29, 1.82) is 0 Å². The van der Waals surface area contributed by atoms with Crippen molar-refractivity contribution in [1.82, 2.24) is 0 Å². The minimum atomic E-state index is -0.137. The molecule has 0 radical (unpaired) electrons. The molecule has 0 saturated heterocycles. The number of hydrogen-bond donors (Lipinski definition) is 1. The van der Waals surface area contributed by atoms with Crippen LogP contribution in [0.1, 0.15) is 39.0 Å². The number of fused-ring (bicyclic) bond motifs is 2. The smallest absolute Gasteiger partial charge is 0.362 e. The molecule has 2 N–H and O–H groups in total. The summed E-state index contributed by atoms with van der Waals surface area (Å²) in [6.07, 6.45) is 1.62. The van der Waals surface area contributed by atoms with Crippen molar-refractivity contribution in [2.75, 3.05) is 5.84 Å². The highest BCUT2D eigenvalue weighted by Gasteiger charge is 2.49. The Labute approximate surface area is 114 Å². The Kier molecular flexibility index (Phi) is 2.53. The molecule has 3 rings (SSSR count). The van der Waals surface area contributed by atoms with Crippen LogP contribution in [0, 0.1) is 0 Å². The van der Waals surface area contributed by atoms with E-state index in [2.05, 4.69) is 52.0 Å². The van der Waals surface area contributed by atoms with Crippen molar-refractivity contribution in [3.05, 3.63) is 42.0 Å². The zero-order valence-corrected chi connectivity index (χ0v) is 12.0. The van der Waals surface area contributed by atoms with Gasteiger partial charge < -0.3 is 4.42 Å². The fourth-order valence-corrected chi connectivity index (χ4v) is 3.40. The number of hydrogen-bond acceptors (Lipinski definition) is 2. The van der Waals surface area contributed by atoms with Crippen LogP contribution in [0.4, 0.5) is 0 Å². The molecule has 0 spiro atoms. The minimum absolute atomic E-state index is 0.137. The molecule has 2 heterocycles. The van der Waals surface area contributed by atoms with Crippen LogP contribution in [0.2, 0.25) is 5.82 Å². The standard InChI is InChI=1S/C15H20BN2O/c1-10(2)16-12-8-6-5-7-11(12)15(3,4)13-14(16)18(17)9-19-13/h5-10H,17H2,1-4H3/q+1. The molecule has 0 unspecified atom stereocenters. The van der Waals surface area contributed by atoms with Crippen molar-refractivity contribution >= 4 is 17.8 Å². The molecule has 0 atom stereocenters. The molecule has 1 aromatic heterocycles. The molecule has 4 heteroatoms. The van der Waals surface area contributed by atoms with Gasteiger partial charge in [-0.25, -0.2) is 5.84 Å². The molecule has 0 saturated carbocycles. The maximum atomic E-state index is 6.09. The Bertz CT molecular complexity index is 631. The Morgan fingerprint density at radius 3 is 2.63 bits per heavy atom. The van der Waals surface area contributed by atoms with Crippen LogP contribution < -0.4 is 21.6 Å². The summed E-state index contributed by atoms with van der Waals surface area (Å²) < 4.78 is 7.43. The fourth-order valence-electron chi connectivity index (χ4n) is 3.40. The number of nitrogen functional groups attached to an aromatic ring is 1. The van der Waals surface area contributed by atoms with Gasteiger partial charge in [0.15, 0.2) is 5.76 Å². The van der Waals surface area contributed by atoms with Crippen molar-refractivity contribution in [2.45, 2.75) is 38.9 Å². The van der Waals surface area contributed by atoms with Gasteiger partial charge in [-0.15, -0.1) is 0 Å². The molecule has 1 aliphatic heterocycles. The first kappa shape index (κ1) is 12.3. The maximum absolute atomic E-state index is 6.09. The lowest BCUT2D eigenvalue weighted by Crippen LogP contribution is -2.69. The van der Waals surface area contributed by atoms with E-state index < -0.39 is 0 Å². The second-order valence-electron chi connectivity index (χ2n) is 6.28. The average molecular weight is 255 g/mol. The number of rotatable bonds is 1. The van der Waals surface area contributed by atoms with Crippen LogP contribution in [0.25, 0.3) is 0 Å². The molecule has 1 aliphatic rings. The molecule has 0 aliphatic carbocycles. The van der Waals surface area contributed by atoms with Gasteiger partial charge in [0.05, 0.1) is 5.41 Å². The predicted molar refractivity (Wildman–Crippen MR) is 77.7 cm³/mol. The Balaban J connectivity index is 2.35. The third-order valence-electron chi connectivity index (χ3n) is 4.29. The van der Waals surface area contributed by atoms with E-state index in [-0.39, 0.29) is 5.41 Å². The first-order valence-corrected chi connectivity index (χ1v) is 6.82. The number of oxazole rings is 1. The van der Waals surface area contributed by atoms with Gasteiger partial charge in [0.1, 0.15) is 0 Å². The third-order valence-corrected chi connectivity index (χ3v) is 4.29. The summed E-state index contributed by atoms with van der Waals surface area (Å²) >= 11 is 0. The van der Waals surface area contributed by atoms with Crippen LogP contribution in [-0.4, -0.2) is 6.71 Å². The van der Waals surface area contributed by atoms with Crippen LogP contribution >= 0.6 is 0 Å². The first-order chi connectivity index (χ1) is 8.94. The second-order valence-corrected chi connectivity index (χ2v) is 6.28. The first-order valence-electron chi connectivity index (χ1n) is 6.82. The van der Waals surface area contributed by atoms with Gasteiger partial charge >= 0.3 is 13.1 Å². The normalized spacial score (nSPS) is 16.4. The van der Waals surface area contributed by atoms with Gasteiger partial charge in [-0.2, -0.15) is 0 Å². The summed E-state index contributed by atoms with van der Waals surface area (Å²) in [6, 6.07) is 8.63. The van der Waals surface area contributed by atoms with Crippen LogP contribution in [0.15, 0.2) is 35.1 Å². The number of nitrogens with two attached hydrogens (primary N) is 1. The Morgan fingerprint density at radius 2 is 1.95 bits per heavy atom. The highest BCUT2D eigenvalue weighted by atomic mass is 16.3. The number of nitrogens with zero attached hydrogens (tertiary/aromatic N) is 1. The lowest BCUT2D eigenvalue weighted by atomic mass is 9.31. The van der Waals surface area contributed by atoms with Gasteiger partial charge in [0, 0.05) is 0 Å². The zero-order valence-electron chi connectivity index (χ0n) is 12.0. The summed E-state index contributed by atoms with van der Waals surface area (Å²) in [4.78, 5) is 0. The molecule has 0 fully saturated rings. The minimum Gasteiger partial charge on any atom is -0.407 e. The summed E-state index contributed by atoms with van der Waals surface area (Å²) in [7, 11) is 0. The van der Waals surface area contributed by atoms with Gasteiger partial charge in [-0.1, -0.05) is 54.1 Å². The monoisotopic (exact) mass is 255 g/mol. The van der Waals surface area contributed by atoms with Gasteiger partial charge in [-0.05, 0) is 19.4 Å². The van der Waals surface area contributed by atoms with E-state index in [9.17, 15) is 0 Å². The van der Waals surface area contributed by atoms with E-state index >= 15 is 0 Å². The molecule has 1 aromatic carbocycles. The quantitative estimate of drug-likeness (QED) is 0.468. The lowest BCUT2D eigenvalue weighted by molar-refractivity contribution is -0.625. The van der Waals surface area contributed by atoms with Crippen molar-refractivity contribution < 1.29 is 9.09 Å². The zero-order chi connectivity index (χ0) is 13.8. The summed E-state index contributed by atoms with van der Waals surface area (Å²) in [5.74, 6) is 7.56. The van der Waals surface area contributed by atoms with Crippen LogP contribution in [-0.2, 0) is 5.41 Å². The maximum Gasteiger partial charge on any atom is 0.362 e. The molecular weight excluding hydrogens is 235 g/mol. The molecule has 19 heavy (non-hydrogen) atoms. The number of benzene rings is 1. The van der Waals surface area contributed by atoms with Crippen LogP contribution in [0.5, 0.6) is 0 Å². The topological polar surface area (TPSA) is 43.0 Å². The largest absolute Gasteiger partial charge is 0.407 e. The molecule has 3 nitrogen and oxygen atoms in total. The lowest BCUT2D eigenvalue weighted by Gasteiger charge is -2.32. The highest BCUT2D eigenvalue weighted by molar-refractivity contribution is 6.86. The van der Waals surface area contributed by atoms with E-state index in [4.69, 9.17) is 10.3 Å². The third kappa shape index (κ3) is 1.55. The molecule has 98 valence electrons. The van der Waals surface area contributed by atoms with Crippen molar-refractivity contribution in [3.8, 4) is 0 Å². The fraction of sp³-hybridized carbons (Fsp3) is 0.400. The van der Waals surface area contributed by atoms with Crippen LogP contribution in [0.3, 0.4) is 0 Å². The van der Waals surface area contributed by atoms with Gasteiger partial charge in [0.2, 0.25) is 5.59 Å². The van der Waals surface area contributed by atoms with E-state index in [1.54, 1.807) is 11.1 Å². The van der Waals surface area contributed by atoms with E-state index in [1.807, 2.05) is 0 Å².